The van der Waals surface area contributed by atoms with Gasteiger partial charge < -0.3 is 26.0 Å². The molecule has 1 aromatic heterocycles. The van der Waals surface area contributed by atoms with E-state index < -0.39 is 52.9 Å². The maximum absolute atomic E-state index is 14.4. The van der Waals surface area contributed by atoms with Crippen molar-refractivity contribution in [2.75, 3.05) is 26.0 Å². The Morgan fingerprint density at radius 2 is 1.91 bits per heavy atom. The molecule has 0 spiro atoms. The Hall–Kier alpha value is -4.23. The lowest BCUT2D eigenvalue weighted by atomic mass is 9.77. The quantitative estimate of drug-likeness (QED) is 0.225. The molecule has 1 aliphatic heterocycles. The summed E-state index contributed by atoms with van der Waals surface area (Å²) in [6, 6.07) is 4.47. The van der Waals surface area contributed by atoms with Crippen LogP contribution in [0.3, 0.4) is 0 Å². The van der Waals surface area contributed by atoms with Crippen molar-refractivity contribution < 1.29 is 27.9 Å². The van der Waals surface area contributed by atoms with Gasteiger partial charge >= 0.3 is 0 Å². The van der Waals surface area contributed by atoms with Gasteiger partial charge in [-0.3, -0.25) is 19.7 Å². The van der Waals surface area contributed by atoms with Gasteiger partial charge in [0.1, 0.15) is 35.6 Å². The number of rotatable bonds is 11. The van der Waals surface area contributed by atoms with Gasteiger partial charge in [0.15, 0.2) is 0 Å². The second kappa shape index (κ2) is 13.4. The molecule has 0 saturated carbocycles. The van der Waals surface area contributed by atoms with Crippen LogP contribution in [-0.4, -0.2) is 66.5 Å². The zero-order valence-corrected chi connectivity index (χ0v) is 24.8. The highest BCUT2D eigenvalue weighted by Gasteiger charge is 2.39. The molecule has 3 amide bonds. The van der Waals surface area contributed by atoms with Crippen LogP contribution in [0.1, 0.15) is 39.2 Å². The van der Waals surface area contributed by atoms with Gasteiger partial charge in [0, 0.05) is 17.5 Å². The molecule has 2 heterocycles. The summed E-state index contributed by atoms with van der Waals surface area (Å²) in [7, 11) is 3.13. The summed E-state index contributed by atoms with van der Waals surface area (Å²) in [6.45, 7) is 5.96. The van der Waals surface area contributed by atoms with Gasteiger partial charge in [-0.1, -0.05) is 13.8 Å². The molecule has 5 N–H and O–H groups in total. The molecule has 1 saturated heterocycles. The van der Waals surface area contributed by atoms with Gasteiger partial charge in [0.05, 0.1) is 30.4 Å². The van der Waals surface area contributed by atoms with E-state index in [-0.39, 0.29) is 17.9 Å². The minimum atomic E-state index is -1.10. The van der Waals surface area contributed by atoms with Crippen molar-refractivity contribution in [1.29, 1.82) is 0 Å². The second-order valence-electron chi connectivity index (χ2n) is 11.3. The molecule has 230 valence electrons. The van der Waals surface area contributed by atoms with E-state index in [1.165, 1.54) is 19.5 Å². The average molecular weight is 598 g/mol. The van der Waals surface area contributed by atoms with Crippen LogP contribution in [0.4, 0.5) is 20.3 Å². The molecule has 11 nitrogen and oxygen atoms in total. The number of fused-ring (bicyclic) bond motifs is 1. The van der Waals surface area contributed by atoms with Crippen molar-refractivity contribution in [2.24, 2.45) is 5.41 Å². The summed E-state index contributed by atoms with van der Waals surface area (Å²) in [5, 5.41) is 14.6. The van der Waals surface area contributed by atoms with Gasteiger partial charge in [-0.2, -0.15) is 0 Å². The number of likely N-dealkylation sites (N-methyl/N-ethyl adjacent to an activating group) is 1. The van der Waals surface area contributed by atoms with E-state index in [1.807, 2.05) is 0 Å². The predicted octanol–water partition coefficient (Wildman–Crippen LogP) is 2.72. The van der Waals surface area contributed by atoms with E-state index >= 15 is 0 Å². The standard InChI is InChI=1S/C30H37F2N7O4/c1-16(33-4)27(40)38-25(29(42)39-28(41)22-7-6-10-34-22)30(2,3)14-17-11-19-23(13-24(17)43-5)35-15-36-26(19)37-21-9-8-18(31)12-20(21)32/h8-9,11-13,15-16,22,25,33-34H,6-7,10,14H2,1-5H3,(H,38,40)(H,35,36,37)(H,39,41,42)/t16-,22-,25+/m0/s1. The number of carbonyl (C=O) groups is 3. The van der Waals surface area contributed by atoms with E-state index in [0.29, 0.717) is 35.2 Å². The van der Waals surface area contributed by atoms with Crippen molar-refractivity contribution in [2.45, 2.75) is 58.2 Å². The van der Waals surface area contributed by atoms with Crippen LogP contribution in [0, 0.1) is 17.0 Å². The molecule has 0 bridgehead atoms. The molecule has 3 aromatic rings. The molecule has 0 radical (unpaired) electrons. The summed E-state index contributed by atoms with van der Waals surface area (Å²) in [5.74, 6) is -2.23. The van der Waals surface area contributed by atoms with E-state index in [0.717, 1.165) is 18.6 Å². The van der Waals surface area contributed by atoms with Crippen LogP contribution in [0.5, 0.6) is 5.75 Å². The highest BCUT2D eigenvalue weighted by molar-refractivity contribution is 6.02. The number of benzene rings is 2. The largest absolute Gasteiger partial charge is 0.496 e. The molecule has 1 aliphatic rings. The maximum atomic E-state index is 14.4. The number of ether oxygens (including phenoxy) is 1. The van der Waals surface area contributed by atoms with Crippen molar-refractivity contribution in [3.8, 4) is 5.75 Å². The van der Waals surface area contributed by atoms with Gasteiger partial charge in [0.2, 0.25) is 17.7 Å². The molecule has 0 unspecified atom stereocenters. The summed E-state index contributed by atoms with van der Waals surface area (Å²) in [4.78, 5) is 47.9. The Labute approximate surface area is 248 Å². The zero-order valence-electron chi connectivity index (χ0n) is 24.8. The molecule has 2 aromatic carbocycles. The van der Waals surface area contributed by atoms with Crippen LogP contribution in [0.15, 0.2) is 36.7 Å². The van der Waals surface area contributed by atoms with Crippen molar-refractivity contribution in [1.82, 2.24) is 31.2 Å². The number of anilines is 2. The van der Waals surface area contributed by atoms with Crippen LogP contribution in [0.25, 0.3) is 10.9 Å². The number of halogens is 2. The molecule has 13 heteroatoms. The van der Waals surface area contributed by atoms with Gasteiger partial charge in [-0.25, -0.2) is 18.7 Å². The number of hydrogen-bond acceptors (Lipinski definition) is 9. The number of methoxy groups -OCH3 is 1. The Morgan fingerprint density at radius 3 is 2.56 bits per heavy atom. The fourth-order valence-electron chi connectivity index (χ4n) is 5.07. The van der Waals surface area contributed by atoms with Crippen molar-refractivity contribution in [3.63, 3.8) is 0 Å². The van der Waals surface area contributed by atoms with Crippen LogP contribution in [0.2, 0.25) is 0 Å². The van der Waals surface area contributed by atoms with Gasteiger partial charge in [-0.05, 0) is 69.0 Å². The highest BCUT2D eigenvalue weighted by Crippen LogP contribution is 2.35. The first-order chi connectivity index (χ1) is 20.4. The fraction of sp³-hybridized carbons (Fsp3) is 0.433. The summed E-state index contributed by atoms with van der Waals surface area (Å²) in [6.07, 6.45) is 2.97. The van der Waals surface area contributed by atoms with Crippen LogP contribution >= 0.6 is 0 Å². The van der Waals surface area contributed by atoms with E-state index in [2.05, 4.69) is 36.6 Å². The number of nitrogens with zero attached hydrogens (tertiary/aromatic N) is 2. The zero-order chi connectivity index (χ0) is 31.3. The van der Waals surface area contributed by atoms with E-state index in [4.69, 9.17) is 4.74 Å². The molecule has 1 fully saturated rings. The fourth-order valence-corrected chi connectivity index (χ4v) is 5.07. The number of nitrogens with one attached hydrogen (secondary N) is 5. The first kappa shape index (κ1) is 31.7. The Kier molecular flexibility index (Phi) is 9.87. The number of carbonyl (C=O) groups excluding carboxylic acids is 3. The predicted molar refractivity (Wildman–Crippen MR) is 158 cm³/mol. The molecule has 0 aliphatic carbocycles. The van der Waals surface area contributed by atoms with Crippen LogP contribution < -0.4 is 31.3 Å². The monoisotopic (exact) mass is 597 g/mol. The molecule has 4 rings (SSSR count). The van der Waals surface area contributed by atoms with Gasteiger partial charge in [0.25, 0.3) is 0 Å². The van der Waals surface area contributed by atoms with Crippen molar-refractivity contribution >= 4 is 40.1 Å². The molecule has 3 atom stereocenters. The SMILES string of the molecule is CN[C@@H](C)C(=O)N[C@H](C(=O)NC(=O)[C@@H]1CCCN1)C(C)(C)Cc1cc2c(Nc3ccc(F)cc3F)ncnc2cc1OC. The Morgan fingerprint density at radius 1 is 1.14 bits per heavy atom. The lowest BCUT2D eigenvalue weighted by Crippen LogP contribution is -2.59. The van der Waals surface area contributed by atoms with E-state index in [1.54, 1.807) is 40.0 Å². The third kappa shape index (κ3) is 7.41. The number of aromatic nitrogens is 2. The topological polar surface area (TPSA) is 146 Å². The second-order valence-corrected chi connectivity index (χ2v) is 11.3. The smallest absolute Gasteiger partial charge is 0.249 e. The lowest BCUT2D eigenvalue weighted by Gasteiger charge is -2.35. The molecular formula is C30H37F2N7O4. The Bertz CT molecular complexity index is 1510. The minimum Gasteiger partial charge on any atom is -0.496 e. The Balaban J connectivity index is 1.68. The first-order valence-electron chi connectivity index (χ1n) is 14.0. The third-order valence-corrected chi connectivity index (χ3v) is 7.65. The maximum Gasteiger partial charge on any atom is 0.249 e. The highest BCUT2D eigenvalue weighted by atomic mass is 19.1. The third-order valence-electron chi connectivity index (χ3n) is 7.65. The van der Waals surface area contributed by atoms with Gasteiger partial charge in [-0.15, -0.1) is 0 Å². The molecule has 43 heavy (non-hydrogen) atoms. The van der Waals surface area contributed by atoms with Crippen LogP contribution in [-0.2, 0) is 20.8 Å². The average Bonchev–Trinajstić information content (AvgIpc) is 3.52. The molecular weight excluding hydrogens is 560 g/mol. The summed E-state index contributed by atoms with van der Waals surface area (Å²) >= 11 is 0. The lowest BCUT2D eigenvalue weighted by molar-refractivity contribution is -0.137. The van der Waals surface area contributed by atoms with Crippen molar-refractivity contribution in [3.05, 3.63) is 53.9 Å². The number of imide groups is 1. The minimum absolute atomic E-state index is 0.0265. The normalized spacial score (nSPS) is 16.4. The number of hydrogen-bond donors (Lipinski definition) is 5. The number of amides is 3. The van der Waals surface area contributed by atoms with E-state index in [9.17, 15) is 23.2 Å². The summed E-state index contributed by atoms with van der Waals surface area (Å²) < 4.78 is 33.5. The summed E-state index contributed by atoms with van der Waals surface area (Å²) in [5.41, 5.74) is 0.233. The first-order valence-corrected chi connectivity index (χ1v) is 14.0.